The Morgan fingerprint density at radius 3 is 3.10 bits per heavy atom. The number of hydrogen-bond donors (Lipinski definition) is 1. The van der Waals surface area contributed by atoms with E-state index in [2.05, 4.69) is 10.3 Å². The fourth-order valence-corrected chi connectivity index (χ4v) is 2.29. The molecule has 0 aliphatic rings. The van der Waals surface area contributed by atoms with Crippen LogP contribution in [-0.2, 0) is 4.74 Å². The lowest BCUT2D eigenvalue weighted by molar-refractivity contribution is 0.0520. The zero-order valence-electron chi connectivity index (χ0n) is 10.5. The van der Waals surface area contributed by atoms with E-state index < -0.39 is 5.97 Å². The quantitative estimate of drug-likeness (QED) is 0.874. The first-order chi connectivity index (χ1) is 9.63. The molecule has 0 aliphatic carbocycles. The van der Waals surface area contributed by atoms with Crippen molar-refractivity contribution in [2.75, 3.05) is 11.9 Å². The fourth-order valence-electron chi connectivity index (χ4n) is 1.44. The van der Waals surface area contributed by atoms with Gasteiger partial charge in [-0.1, -0.05) is 11.6 Å². The summed E-state index contributed by atoms with van der Waals surface area (Å²) in [5, 5.41) is 14.4. The first-order valence-corrected chi connectivity index (χ1v) is 6.99. The van der Waals surface area contributed by atoms with Gasteiger partial charge in [-0.2, -0.15) is 5.26 Å². The van der Waals surface area contributed by atoms with Crippen molar-refractivity contribution in [1.29, 1.82) is 5.26 Å². The third kappa shape index (κ3) is 3.26. The van der Waals surface area contributed by atoms with Crippen LogP contribution in [0.4, 0.5) is 10.8 Å². The van der Waals surface area contributed by atoms with Crippen LogP contribution < -0.4 is 5.32 Å². The molecule has 7 heteroatoms. The maximum absolute atomic E-state index is 11.5. The number of ether oxygens (including phenoxy) is 1. The number of rotatable bonds is 4. The van der Waals surface area contributed by atoms with Gasteiger partial charge in [-0.05, 0) is 25.1 Å². The van der Waals surface area contributed by atoms with Crippen molar-refractivity contribution in [3.63, 3.8) is 0 Å². The van der Waals surface area contributed by atoms with Crippen LogP contribution >= 0.6 is 22.9 Å². The Morgan fingerprint density at radius 1 is 1.60 bits per heavy atom. The Balaban J connectivity index is 2.19. The fraction of sp³-hybridized carbons (Fsp3) is 0.154. The van der Waals surface area contributed by atoms with Gasteiger partial charge < -0.3 is 10.1 Å². The number of thiazole rings is 1. The van der Waals surface area contributed by atoms with E-state index in [1.165, 1.54) is 11.3 Å². The second-order valence-electron chi connectivity index (χ2n) is 3.69. The minimum absolute atomic E-state index is 0.243. The third-order valence-corrected chi connectivity index (χ3v) is 3.41. The standard InChI is InChI=1S/C13H10ClN3O2S/c1-2-19-12(18)11-7-20-13(17-11)16-10-5-8(6-15)3-4-9(10)14/h3-5,7H,2H2,1H3,(H,16,17). The van der Waals surface area contributed by atoms with Gasteiger partial charge in [0.15, 0.2) is 10.8 Å². The highest BCUT2D eigenvalue weighted by atomic mass is 35.5. The summed E-state index contributed by atoms with van der Waals surface area (Å²) < 4.78 is 4.86. The maximum atomic E-state index is 11.5. The van der Waals surface area contributed by atoms with Crippen molar-refractivity contribution in [3.05, 3.63) is 39.9 Å². The van der Waals surface area contributed by atoms with Gasteiger partial charge in [-0.25, -0.2) is 9.78 Å². The average molecular weight is 308 g/mol. The predicted molar refractivity (Wildman–Crippen MR) is 77.5 cm³/mol. The lowest BCUT2D eigenvalue weighted by Crippen LogP contribution is -2.05. The smallest absolute Gasteiger partial charge is 0.357 e. The molecule has 2 aromatic rings. The van der Waals surface area contributed by atoms with Crippen LogP contribution in [0.15, 0.2) is 23.6 Å². The number of carbonyl (C=O) groups excluding carboxylic acids is 1. The summed E-state index contributed by atoms with van der Waals surface area (Å²) in [4.78, 5) is 15.6. The topological polar surface area (TPSA) is 75.0 Å². The average Bonchev–Trinajstić information content (AvgIpc) is 2.90. The number of halogens is 1. The number of anilines is 2. The summed E-state index contributed by atoms with van der Waals surface area (Å²) in [5.41, 5.74) is 1.29. The maximum Gasteiger partial charge on any atom is 0.357 e. The molecule has 0 unspecified atom stereocenters. The monoisotopic (exact) mass is 307 g/mol. The molecule has 1 aromatic carbocycles. The molecule has 1 aromatic heterocycles. The van der Waals surface area contributed by atoms with Crippen molar-refractivity contribution < 1.29 is 9.53 Å². The van der Waals surface area contributed by atoms with Crippen molar-refractivity contribution in [1.82, 2.24) is 4.98 Å². The van der Waals surface area contributed by atoms with Crippen LogP contribution in [0.2, 0.25) is 5.02 Å². The largest absolute Gasteiger partial charge is 0.461 e. The molecule has 102 valence electrons. The number of nitriles is 1. The van der Waals surface area contributed by atoms with Crippen LogP contribution in [0.1, 0.15) is 23.0 Å². The molecule has 1 heterocycles. The molecule has 5 nitrogen and oxygen atoms in total. The second-order valence-corrected chi connectivity index (χ2v) is 4.96. The summed E-state index contributed by atoms with van der Waals surface area (Å²) in [6.45, 7) is 2.03. The molecule has 0 saturated carbocycles. The molecule has 0 saturated heterocycles. The predicted octanol–water partition coefficient (Wildman–Crippen LogP) is 3.59. The van der Waals surface area contributed by atoms with Crippen LogP contribution in [0.25, 0.3) is 0 Å². The van der Waals surface area contributed by atoms with Gasteiger partial charge in [0.25, 0.3) is 0 Å². The molecule has 2 rings (SSSR count). The van der Waals surface area contributed by atoms with Gasteiger partial charge >= 0.3 is 5.97 Å². The first kappa shape index (κ1) is 14.3. The Hall–Kier alpha value is -2.10. The molecular formula is C13H10ClN3O2S. The number of aromatic nitrogens is 1. The van der Waals surface area contributed by atoms with Crippen LogP contribution in [0.3, 0.4) is 0 Å². The summed E-state index contributed by atoms with van der Waals surface area (Å²) in [7, 11) is 0. The Kier molecular flexibility index (Phi) is 4.56. The van der Waals surface area contributed by atoms with E-state index in [1.807, 2.05) is 6.07 Å². The number of nitrogens with one attached hydrogen (secondary N) is 1. The lowest BCUT2D eigenvalue weighted by Gasteiger charge is -2.05. The van der Waals surface area contributed by atoms with E-state index in [4.69, 9.17) is 21.6 Å². The zero-order valence-corrected chi connectivity index (χ0v) is 12.1. The molecule has 0 aliphatic heterocycles. The summed E-state index contributed by atoms with van der Waals surface area (Å²) >= 11 is 7.29. The van der Waals surface area contributed by atoms with Gasteiger partial charge in [0, 0.05) is 5.38 Å². The third-order valence-electron chi connectivity index (χ3n) is 2.33. The molecule has 1 N–H and O–H groups in total. The number of benzene rings is 1. The molecule has 0 bridgehead atoms. The van der Waals surface area contributed by atoms with Crippen molar-refractivity contribution in [3.8, 4) is 6.07 Å². The van der Waals surface area contributed by atoms with Gasteiger partial charge in [0.1, 0.15) is 0 Å². The number of esters is 1. The van der Waals surface area contributed by atoms with Crippen molar-refractivity contribution in [2.45, 2.75) is 6.92 Å². The molecule has 0 spiro atoms. The molecular weight excluding hydrogens is 298 g/mol. The first-order valence-electron chi connectivity index (χ1n) is 5.73. The van der Waals surface area contributed by atoms with E-state index in [1.54, 1.807) is 30.5 Å². The minimum atomic E-state index is -0.464. The number of hydrogen-bond acceptors (Lipinski definition) is 6. The van der Waals surface area contributed by atoms with Crippen LogP contribution in [0.5, 0.6) is 0 Å². The van der Waals surface area contributed by atoms with E-state index in [0.29, 0.717) is 28.0 Å². The molecule has 0 atom stereocenters. The van der Waals surface area contributed by atoms with E-state index in [9.17, 15) is 4.79 Å². The van der Waals surface area contributed by atoms with Gasteiger partial charge in [0.2, 0.25) is 0 Å². The lowest BCUT2D eigenvalue weighted by atomic mass is 10.2. The highest BCUT2D eigenvalue weighted by Gasteiger charge is 2.12. The Bertz CT molecular complexity index is 678. The SMILES string of the molecule is CCOC(=O)c1csc(Nc2cc(C#N)ccc2Cl)n1. The van der Waals surface area contributed by atoms with E-state index >= 15 is 0 Å². The van der Waals surface area contributed by atoms with E-state index in [-0.39, 0.29) is 5.69 Å². The highest BCUT2D eigenvalue weighted by Crippen LogP contribution is 2.28. The Labute approximate surface area is 124 Å². The number of carbonyl (C=O) groups is 1. The van der Waals surface area contributed by atoms with E-state index in [0.717, 1.165) is 0 Å². The van der Waals surface area contributed by atoms with Gasteiger partial charge in [-0.15, -0.1) is 11.3 Å². The van der Waals surface area contributed by atoms with Crippen LogP contribution in [-0.4, -0.2) is 17.6 Å². The van der Waals surface area contributed by atoms with Crippen LogP contribution in [0, 0.1) is 11.3 Å². The summed E-state index contributed by atoms with van der Waals surface area (Å²) in [6, 6.07) is 6.90. The highest BCUT2D eigenvalue weighted by molar-refractivity contribution is 7.14. The zero-order chi connectivity index (χ0) is 14.5. The van der Waals surface area contributed by atoms with Gasteiger partial charge in [-0.3, -0.25) is 0 Å². The molecule has 20 heavy (non-hydrogen) atoms. The number of nitrogens with zero attached hydrogens (tertiary/aromatic N) is 2. The second kappa shape index (κ2) is 6.37. The molecule has 0 radical (unpaired) electrons. The molecule has 0 amide bonds. The summed E-state index contributed by atoms with van der Waals surface area (Å²) in [5.74, 6) is -0.464. The Morgan fingerprint density at radius 2 is 2.40 bits per heavy atom. The normalized spacial score (nSPS) is 9.85. The van der Waals surface area contributed by atoms with Gasteiger partial charge in [0.05, 0.1) is 28.9 Å². The minimum Gasteiger partial charge on any atom is -0.461 e. The van der Waals surface area contributed by atoms with Crippen molar-refractivity contribution >= 4 is 39.7 Å². The summed E-state index contributed by atoms with van der Waals surface area (Å²) in [6.07, 6.45) is 0. The molecule has 0 fully saturated rings. The van der Waals surface area contributed by atoms with Crippen molar-refractivity contribution in [2.24, 2.45) is 0 Å².